The van der Waals surface area contributed by atoms with Gasteiger partial charge >= 0.3 is 0 Å². The maximum Gasteiger partial charge on any atom is 0.227 e. The van der Waals surface area contributed by atoms with Crippen molar-refractivity contribution < 1.29 is 4.74 Å². The van der Waals surface area contributed by atoms with Crippen molar-refractivity contribution in [3.05, 3.63) is 52.7 Å². The Balaban J connectivity index is 1.84. The van der Waals surface area contributed by atoms with Crippen LogP contribution in [-0.4, -0.2) is 22.1 Å². The number of nitrogens with zero attached hydrogens (tertiary/aromatic N) is 3. The van der Waals surface area contributed by atoms with Gasteiger partial charge in [-0.3, -0.25) is 0 Å². The minimum Gasteiger partial charge on any atom is -0.379 e. The molecule has 5 nitrogen and oxygen atoms in total. The molecule has 118 valence electrons. The Morgan fingerprint density at radius 3 is 2.65 bits per heavy atom. The third-order valence-electron chi connectivity index (χ3n) is 3.19. The first-order chi connectivity index (χ1) is 11.1. The van der Waals surface area contributed by atoms with Gasteiger partial charge in [0.1, 0.15) is 10.7 Å². The molecule has 23 heavy (non-hydrogen) atoms. The van der Waals surface area contributed by atoms with E-state index in [0.29, 0.717) is 12.6 Å². The monoisotopic (exact) mass is 326 g/mol. The van der Waals surface area contributed by atoms with E-state index in [1.54, 1.807) is 24.6 Å². The average Bonchev–Trinajstić information content (AvgIpc) is 2.95. The van der Waals surface area contributed by atoms with Crippen molar-refractivity contribution in [3.8, 4) is 10.7 Å². The maximum absolute atomic E-state index is 5.13. The predicted octanol–water partition coefficient (Wildman–Crippen LogP) is 4.11. The molecule has 3 aromatic rings. The summed E-state index contributed by atoms with van der Waals surface area (Å²) in [5, 5.41) is 4.12. The summed E-state index contributed by atoms with van der Waals surface area (Å²) in [6.07, 6.45) is 3.56. The van der Waals surface area contributed by atoms with Crippen LogP contribution < -0.4 is 5.32 Å². The largest absolute Gasteiger partial charge is 0.379 e. The number of aromatic nitrogens is 3. The third kappa shape index (κ3) is 3.91. The molecule has 0 saturated heterocycles. The molecule has 0 unspecified atom stereocenters. The molecular weight excluding hydrogens is 308 g/mol. The van der Waals surface area contributed by atoms with E-state index in [2.05, 4.69) is 52.3 Å². The molecule has 0 aliphatic rings. The first kappa shape index (κ1) is 15.6. The number of ether oxygens (including phenoxy) is 1. The van der Waals surface area contributed by atoms with Crippen molar-refractivity contribution in [1.29, 1.82) is 0 Å². The van der Waals surface area contributed by atoms with Gasteiger partial charge in [0.2, 0.25) is 5.95 Å². The molecule has 0 aliphatic heterocycles. The van der Waals surface area contributed by atoms with Gasteiger partial charge in [-0.25, -0.2) is 15.0 Å². The summed E-state index contributed by atoms with van der Waals surface area (Å²) in [6.45, 7) is 4.71. The molecule has 0 saturated carbocycles. The minimum absolute atomic E-state index is 0.566. The van der Waals surface area contributed by atoms with E-state index in [1.165, 1.54) is 11.1 Å². The molecule has 0 spiro atoms. The molecule has 0 aliphatic carbocycles. The predicted molar refractivity (Wildman–Crippen MR) is 93.1 cm³/mol. The zero-order valence-electron chi connectivity index (χ0n) is 13.3. The first-order valence-corrected chi connectivity index (χ1v) is 8.08. The third-order valence-corrected chi connectivity index (χ3v) is 4.19. The Morgan fingerprint density at radius 1 is 1.13 bits per heavy atom. The fraction of sp³-hybridized carbons (Fsp3) is 0.235. The summed E-state index contributed by atoms with van der Waals surface area (Å²) in [6, 6.07) is 8.14. The zero-order chi connectivity index (χ0) is 16.2. The number of hydrogen-bond donors (Lipinski definition) is 1. The van der Waals surface area contributed by atoms with E-state index in [4.69, 9.17) is 4.74 Å². The van der Waals surface area contributed by atoms with Crippen molar-refractivity contribution in [1.82, 2.24) is 15.0 Å². The number of thiazole rings is 1. The van der Waals surface area contributed by atoms with Crippen LogP contribution in [0.5, 0.6) is 0 Å². The van der Waals surface area contributed by atoms with E-state index >= 15 is 0 Å². The van der Waals surface area contributed by atoms with Gasteiger partial charge in [0.05, 0.1) is 11.5 Å². The Kier molecular flexibility index (Phi) is 4.64. The fourth-order valence-electron chi connectivity index (χ4n) is 2.35. The second kappa shape index (κ2) is 6.85. The Hall–Kier alpha value is -2.31. The SMILES string of the molecule is COCc1cnc(-c2ccnc(Nc3cc(C)cc(C)c3)n2)s1. The molecule has 3 rings (SSSR count). The van der Waals surface area contributed by atoms with Crippen LogP contribution in [0.1, 0.15) is 16.0 Å². The van der Waals surface area contributed by atoms with E-state index in [1.807, 2.05) is 12.3 Å². The van der Waals surface area contributed by atoms with Crippen molar-refractivity contribution in [3.63, 3.8) is 0 Å². The Labute approximate surface area is 139 Å². The summed E-state index contributed by atoms with van der Waals surface area (Å²) >= 11 is 1.58. The topological polar surface area (TPSA) is 59.9 Å². The number of nitrogens with one attached hydrogen (secondary N) is 1. The lowest BCUT2D eigenvalue weighted by atomic mass is 10.1. The summed E-state index contributed by atoms with van der Waals surface area (Å²) in [7, 11) is 1.68. The lowest BCUT2D eigenvalue weighted by molar-refractivity contribution is 0.187. The summed E-state index contributed by atoms with van der Waals surface area (Å²) in [4.78, 5) is 14.3. The van der Waals surface area contributed by atoms with Crippen LogP contribution in [0.3, 0.4) is 0 Å². The van der Waals surface area contributed by atoms with Gasteiger partial charge < -0.3 is 10.1 Å². The van der Waals surface area contributed by atoms with Crippen LogP contribution in [0.2, 0.25) is 0 Å². The highest BCUT2D eigenvalue weighted by Crippen LogP contribution is 2.25. The van der Waals surface area contributed by atoms with Gasteiger partial charge in [-0.15, -0.1) is 11.3 Å². The molecule has 1 N–H and O–H groups in total. The van der Waals surface area contributed by atoms with Gasteiger partial charge in [0.25, 0.3) is 0 Å². The smallest absolute Gasteiger partial charge is 0.227 e. The standard InChI is InChI=1S/C17H18N4OS/c1-11-6-12(2)8-13(7-11)20-17-18-5-4-15(21-17)16-19-9-14(23-16)10-22-3/h4-9H,10H2,1-3H3,(H,18,20,21). The summed E-state index contributed by atoms with van der Waals surface area (Å²) < 4.78 is 5.13. The number of hydrogen-bond acceptors (Lipinski definition) is 6. The second-order valence-corrected chi connectivity index (χ2v) is 6.45. The molecule has 1 aromatic carbocycles. The van der Waals surface area contributed by atoms with Crippen molar-refractivity contribution in [2.24, 2.45) is 0 Å². The number of anilines is 2. The highest BCUT2D eigenvalue weighted by Gasteiger charge is 2.08. The molecule has 0 atom stereocenters. The van der Waals surface area contributed by atoms with Gasteiger partial charge in [-0.2, -0.15) is 0 Å². The molecule has 2 heterocycles. The molecule has 0 radical (unpaired) electrons. The lowest BCUT2D eigenvalue weighted by Gasteiger charge is -2.07. The number of benzene rings is 1. The molecule has 2 aromatic heterocycles. The van der Waals surface area contributed by atoms with Crippen molar-refractivity contribution in [2.45, 2.75) is 20.5 Å². The van der Waals surface area contributed by atoms with Crippen LogP contribution in [0.15, 0.2) is 36.7 Å². The van der Waals surface area contributed by atoms with Crippen LogP contribution in [0, 0.1) is 13.8 Å². The van der Waals surface area contributed by atoms with Crippen LogP contribution in [0.4, 0.5) is 11.6 Å². The van der Waals surface area contributed by atoms with Gasteiger partial charge in [-0.1, -0.05) is 6.07 Å². The van der Waals surface area contributed by atoms with E-state index in [9.17, 15) is 0 Å². The van der Waals surface area contributed by atoms with Gasteiger partial charge in [0, 0.05) is 25.2 Å². The number of methoxy groups -OCH3 is 1. The lowest BCUT2D eigenvalue weighted by Crippen LogP contribution is -1.98. The second-order valence-electron chi connectivity index (χ2n) is 5.33. The fourth-order valence-corrected chi connectivity index (χ4v) is 3.20. The molecule has 0 bridgehead atoms. The minimum atomic E-state index is 0.566. The molecule has 6 heteroatoms. The van der Waals surface area contributed by atoms with E-state index in [0.717, 1.165) is 21.3 Å². The Morgan fingerprint density at radius 2 is 1.91 bits per heavy atom. The van der Waals surface area contributed by atoms with Crippen LogP contribution >= 0.6 is 11.3 Å². The molecule has 0 fully saturated rings. The van der Waals surface area contributed by atoms with E-state index in [-0.39, 0.29) is 0 Å². The van der Waals surface area contributed by atoms with Gasteiger partial charge in [-0.05, 0) is 43.2 Å². The Bertz CT molecular complexity index is 796. The highest BCUT2D eigenvalue weighted by atomic mass is 32.1. The average molecular weight is 326 g/mol. The molecular formula is C17H18N4OS. The first-order valence-electron chi connectivity index (χ1n) is 7.26. The highest BCUT2D eigenvalue weighted by molar-refractivity contribution is 7.14. The van der Waals surface area contributed by atoms with Crippen molar-refractivity contribution in [2.75, 3.05) is 12.4 Å². The van der Waals surface area contributed by atoms with Crippen molar-refractivity contribution >= 4 is 23.0 Å². The van der Waals surface area contributed by atoms with Crippen LogP contribution in [-0.2, 0) is 11.3 Å². The summed E-state index contributed by atoms with van der Waals surface area (Å²) in [5.41, 5.74) is 4.19. The molecule has 0 amide bonds. The summed E-state index contributed by atoms with van der Waals surface area (Å²) in [5.74, 6) is 0.566. The zero-order valence-corrected chi connectivity index (χ0v) is 14.1. The van der Waals surface area contributed by atoms with Crippen LogP contribution in [0.25, 0.3) is 10.7 Å². The van der Waals surface area contributed by atoms with E-state index < -0.39 is 0 Å². The quantitative estimate of drug-likeness (QED) is 0.764. The number of aryl methyl sites for hydroxylation is 2. The van der Waals surface area contributed by atoms with Gasteiger partial charge in [0.15, 0.2) is 0 Å². The number of rotatable bonds is 5. The maximum atomic E-state index is 5.13. The normalized spacial score (nSPS) is 10.7.